The fraction of sp³-hybridized carbons (Fsp3) is 0. The van der Waals surface area contributed by atoms with Gasteiger partial charge in [-0.25, -0.2) is 5.10 Å². The molecule has 128 valence electrons. The third-order valence-corrected chi connectivity index (χ3v) is 6.32. The van der Waals surface area contributed by atoms with Crippen LogP contribution < -0.4 is 62.0 Å². The van der Waals surface area contributed by atoms with E-state index in [1.54, 1.807) is 24.3 Å². The van der Waals surface area contributed by atoms with Crippen LogP contribution in [-0.4, -0.2) is 10.2 Å². The molecule has 0 atom stereocenters. The predicted molar refractivity (Wildman–Crippen MR) is 103 cm³/mol. The number of rotatable bonds is 5. The van der Waals surface area contributed by atoms with E-state index < -0.39 is 7.29 Å². The van der Waals surface area contributed by atoms with E-state index in [9.17, 15) is 4.57 Å². The van der Waals surface area contributed by atoms with Crippen LogP contribution >= 0.6 is 7.29 Å². The van der Waals surface area contributed by atoms with E-state index in [0.29, 0.717) is 16.5 Å². The van der Waals surface area contributed by atoms with Crippen molar-refractivity contribution >= 4 is 23.9 Å². The second-order valence-corrected chi connectivity index (χ2v) is 7.99. The summed E-state index contributed by atoms with van der Waals surface area (Å²) in [4.78, 5) is 0. The second kappa shape index (κ2) is 9.11. The molecule has 1 aromatic heterocycles. The first-order valence-electron chi connectivity index (χ1n) is 8.09. The van der Waals surface area contributed by atoms with Crippen LogP contribution in [0.4, 0.5) is 6.01 Å². The largest absolute Gasteiger partial charge is 1.00 e. The van der Waals surface area contributed by atoms with E-state index >= 15 is 0 Å². The van der Waals surface area contributed by atoms with E-state index in [4.69, 9.17) is 4.42 Å². The van der Waals surface area contributed by atoms with Gasteiger partial charge >= 0.3 is 51.4 Å². The molecule has 27 heavy (non-hydrogen) atoms. The van der Waals surface area contributed by atoms with E-state index in [1.165, 1.54) is 0 Å². The Morgan fingerprint density at radius 1 is 0.704 bits per heavy atom. The Balaban J connectivity index is 0.00000210. The van der Waals surface area contributed by atoms with Crippen LogP contribution in [0.15, 0.2) is 95.4 Å². The topological polar surface area (TPSA) is 70.1 Å². The van der Waals surface area contributed by atoms with Crippen molar-refractivity contribution in [3.63, 3.8) is 0 Å². The van der Waals surface area contributed by atoms with Crippen LogP contribution in [0, 0.1) is 0 Å². The maximum Gasteiger partial charge on any atom is 1.00 e. The predicted octanol–water partition coefficient (Wildman–Crippen LogP) is 1.67. The molecule has 1 heterocycles. The summed E-state index contributed by atoms with van der Waals surface area (Å²) in [6, 6.07) is 27.7. The average Bonchev–Trinajstić information content (AvgIpc) is 3.18. The van der Waals surface area contributed by atoms with Gasteiger partial charge in [0.15, 0.2) is 7.29 Å². The van der Waals surface area contributed by atoms with Gasteiger partial charge in [-0.05, 0) is 12.1 Å². The van der Waals surface area contributed by atoms with Gasteiger partial charge < -0.3 is 19.2 Å². The number of aromatic nitrogens is 2. The molecular weight excluding hydrogens is 384 g/mol. The maximum atomic E-state index is 13.8. The van der Waals surface area contributed by atoms with Crippen molar-refractivity contribution in [1.29, 1.82) is 0 Å². The van der Waals surface area contributed by atoms with E-state index in [-0.39, 0.29) is 57.4 Å². The summed E-state index contributed by atoms with van der Waals surface area (Å²) in [6.45, 7) is 0. The molecule has 0 bridgehead atoms. The molecule has 4 aromatic rings. The average molecular weight is 399 g/mol. The van der Waals surface area contributed by atoms with Gasteiger partial charge in [-0.1, -0.05) is 78.9 Å². The SMILES string of the molecule is O=P([N-]c1nnc(-c2ccccc2)o1)(c1ccccc1)c1ccccc1.[K+]. The summed E-state index contributed by atoms with van der Waals surface area (Å²) in [5, 5.41) is 13.6. The molecule has 0 spiro atoms. The molecule has 0 saturated carbocycles. The molecule has 0 N–H and O–H groups in total. The zero-order valence-electron chi connectivity index (χ0n) is 14.8. The summed E-state index contributed by atoms with van der Waals surface area (Å²) in [5.74, 6) is 0.344. The fourth-order valence-electron chi connectivity index (χ4n) is 2.60. The Morgan fingerprint density at radius 3 is 1.70 bits per heavy atom. The van der Waals surface area contributed by atoms with Crippen LogP contribution in [0.1, 0.15) is 0 Å². The Morgan fingerprint density at radius 2 is 1.19 bits per heavy atom. The van der Waals surface area contributed by atoms with Crippen LogP contribution in [0.5, 0.6) is 0 Å². The van der Waals surface area contributed by atoms with Crippen molar-refractivity contribution in [3.8, 4) is 11.5 Å². The Bertz CT molecular complexity index is 997. The van der Waals surface area contributed by atoms with Crippen LogP contribution in [-0.2, 0) is 4.57 Å². The second-order valence-electron chi connectivity index (χ2n) is 5.60. The Labute approximate surface area is 200 Å². The number of nitrogens with zero attached hydrogens (tertiary/aromatic N) is 3. The number of benzene rings is 3. The zero-order chi connectivity index (χ0) is 17.8. The summed E-state index contributed by atoms with van der Waals surface area (Å²) < 4.78 is 19.5. The van der Waals surface area contributed by atoms with E-state index in [1.807, 2.05) is 66.7 Å². The van der Waals surface area contributed by atoms with Crippen LogP contribution in [0.3, 0.4) is 0 Å². The van der Waals surface area contributed by atoms with Crippen molar-refractivity contribution in [2.24, 2.45) is 0 Å². The molecule has 0 aliphatic carbocycles. The van der Waals surface area contributed by atoms with Gasteiger partial charge in [-0.3, -0.25) is 0 Å². The summed E-state index contributed by atoms with van der Waals surface area (Å²) in [6.07, 6.45) is 0. The van der Waals surface area contributed by atoms with Gasteiger partial charge in [-0.15, -0.1) is 0 Å². The molecule has 0 fully saturated rings. The molecule has 0 unspecified atom stereocenters. The molecule has 7 heteroatoms. The van der Waals surface area contributed by atoms with Gasteiger partial charge in [0, 0.05) is 16.2 Å². The third kappa shape index (κ3) is 4.49. The minimum absolute atomic E-state index is 0. The smallest absolute Gasteiger partial charge is 0.445 e. The molecule has 0 aliphatic rings. The van der Waals surface area contributed by atoms with Gasteiger partial charge in [0.25, 0.3) is 0 Å². The monoisotopic (exact) mass is 399 g/mol. The first-order valence-corrected chi connectivity index (χ1v) is 9.75. The summed E-state index contributed by atoms with van der Waals surface area (Å²) in [7, 11) is -3.30. The van der Waals surface area contributed by atoms with Crippen molar-refractivity contribution in [2.75, 3.05) is 0 Å². The molecule has 4 rings (SSSR count). The minimum atomic E-state index is -3.30. The summed E-state index contributed by atoms with van der Waals surface area (Å²) in [5.41, 5.74) is 0.788. The minimum Gasteiger partial charge on any atom is -0.445 e. The van der Waals surface area contributed by atoms with Crippen molar-refractivity contribution in [3.05, 3.63) is 96.1 Å². The Kier molecular flexibility index (Phi) is 6.81. The number of hydrogen-bond acceptors (Lipinski definition) is 4. The van der Waals surface area contributed by atoms with Crippen molar-refractivity contribution in [1.82, 2.24) is 10.2 Å². The molecule has 0 amide bonds. The fourth-order valence-corrected chi connectivity index (χ4v) is 4.60. The van der Waals surface area contributed by atoms with Crippen molar-refractivity contribution in [2.45, 2.75) is 0 Å². The third-order valence-electron chi connectivity index (χ3n) is 3.87. The van der Waals surface area contributed by atoms with Gasteiger partial charge in [-0.2, -0.15) is 0 Å². The number of hydrogen-bond donors (Lipinski definition) is 0. The van der Waals surface area contributed by atoms with E-state index in [2.05, 4.69) is 15.3 Å². The molecular formula is C20H15KN3O2P. The van der Waals surface area contributed by atoms with Crippen LogP contribution in [0.2, 0.25) is 0 Å². The normalized spacial score (nSPS) is 10.8. The standard InChI is InChI=1S/C20H15N3O2P.K/c24-26(17-12-6-2-7-13-17,18-14-8-3-9-15-18)23-20-22-21-19(25-20)16-10-4-1-5-11-16;/h1-15H;/q-1;+1. The van der Waals surface area contributed by atoms with Gasteiger partial charge in [0.1, 0.15) is 6.01 Å². The molecule has 0 saturated heterocycles. The van der Waals surface area contributed by atoms with Gasteiger partial charge in [0.2, 0.25) is 5.89 Å². The first-order chi connectivity index (χ1) is 12.8. The Hall–Kier alpha value is -1.53. The quantitative estimate of drug-likeness (QED) is 0.378. The molecule has 3 aromatic carbocycles. The first kappa shape index (κ1) is 20.2. The maximum absolute atomic E-state index is 13.8. The zero-order valence-corrected chi connectivity index (χ0v) is 18.8. The van der Waals surface area contributed by atoms with E-state index in [0.717, 1.165) is 5.56 Å². The molecule has 0 radical (unpaired) electrons. The summed E-state index contributed by atoms with van der Waals surface area (Å²) >= 11 is 0. The van der Waals surface area contributed by atoms with Gasteiger partial charge in [0.05, 0.1) is 0 Å². The van der Waals surface area contributed by atoms with Crippen LogP contribution in [0.25, 0.3) is 16.5 Å². The van der Waals surface area contributed by atoms with Crippen molar-refractivity contribution < 1.29 is 60.4 Å². The molecule has 0 aliphatic heterocycles. The molecule has 5 nitrogen and oxygen atoms in total.